The lowest BCUT2D eigenvalue weighted by molar-refractivity contribution is -0.383. The van der Waals surface area contributed by atoms with E-state index in [1.54, 1.807) is 0 Å². The largest absolute Gasteiger partial charge is 0.464 e. The second kappa shape index (κ2) is 3.61. The van der Waals surface area contributed by atoms with Crippen LogP contribution in [0.2, 0.25) is 0 Å². The molecule has 0 radical (unpaired) electrons. The van der Waals surface area contributed by atoms with Gasteiger partial charge in [-0.25, -0.2) is 4.79 Å². The van der Waals surface area contributed by atoms with Crippen LogP contribution < -0.4 is 0 Å². The maximum atomic E-state index is 11.3. The number of carbonyl (C=O) groups is 1. The molecule has 0 aliphatic carbocycles. The summed E-state index contributed by atoms with van der Waals surface area (Å²) in [4.78, 5) is 21.5. The summed E-state index contributed by atoms with van der Waals surface area (Å²) in [6, 6.07) is 4.21. The number of nitro benzene ring substituents is 1. The highest BCUT2D eigenvalue weighted by Gasteiger charge is 2.24. The number of nitrogens with zero attached hydrogens (tertiary/aromatic N) is 2. The van der Waals surface area contributed by atoms with Gasteiger partial charge in [0.15, 0.2) is 5.58 Å². The predicted molar refractivity (Wildman–Crippen MR) is 52.0 cm³/mol. The zero-order chi connectivity index (χ0) is 11.7. The molecule has 0 spiro atoms. The first-order valence-corrected chi connectivity index (χ1v) is 4.26. The molecule has 1 heterocycles. The number of esters is 1. The molecule has 0 bridgehead atoms. The Hall–Kier alpha value is -2.44. The number of hydrogen-bond donors (Lipinski definition) is 0. The van der Waals surface area contributed by atoms with Gasteiger partial charge in [-0.2, -0.15) is 0 Å². The molecule has 0 unspecified atom stereocenters. The number of hydrogen-bond acceptors (Lipinski definition) is 6. The third-order valence-corrected chi connectivity index (χ3v) is 2.05. The SMILES string of the molecule is COC(=O)c1noc2cccc([N+](=O)[O-])c12. The molecule has 0 saturated carbocycles. The fraction of sp³-hybridized carbons (Fsp3) is 0.111. The van der Waals surface area contributed by atoms with Crippen molar-refractivity contribution < 1.29 is 19.0 Å². The van der Waals surface area contributed by atoms with Crippen molar-refractivity contribution in [3.8, 4) is 0 Å². The lowest BCUT2D eigenvalue weighted by Crippen LogP contribution is -2.02. The predicted octanol–water partition coefficient (Wildman–Crippen LogP) is 1.52. The van der Waals surface area contributed by atoms with Crippen molar-refractivity contribution >= 4 is 22.6 Å². The van der Waals surface area contributed by atoms with Gasteiger partial charge in [0, 0.05) is 6.07 Å². The number of aromatic nitrogens is 1. The van der Waals surface area contributed by atoms with Crippen molar-refractivity contribution in [2.24, 2.45) is 0 Å². The monoisotopic (exact) mass is 222 g/mol. The summed E-state index contributed by atoms with van der Waals surface area (Å²) < 4.78 is 9.26. The quantitative estimate of drug-likeness (QED) is 0.434. The third kappa shape index (κ3) is 1.38. The van der Waals surface area contributed by atoms with Gasteiger partial charge in [0.05, 0.1) is 12.0 Å². The molecular formula is C9H6N2O5. The first-order chi connectivity index (χ1) is 7.65. The molecule has 0 aliphatic heterocycles. The molecule has 1 aromatic heterocycles. The van der Waals surface area contributed by atoms with Gasteiger partial charge in [-0.15, -0.1) is 0 Å². The fourth-order valence-electron chi connectivity index (χ4n) is 1.36. The Kier molecular flexibility index (Phi) is 2.28. The van der Waals surface area contributed by atoms with Crippen LogP contribution in [0.3, 0.4) is 0 Å². The highest BCUT2D eigenvalue weighted by Crippen LogP contribution is 2.28. The van der Waals surface area contributed by atoms with Crippen LogP contribution in [-0.4, -0.2) is 23.2 Å². The van der Waals surface area contributed by atoms with Crippen molar-refractivity contribution in [2.45, 2.75) is 0 Å². The summed E-state index contributed by atoms with van der Waals surface area (Å²) in [5.74, 6) is -0.770. The van der Waals surface area contributed by atoms with Gasteiger partial charge in [0.2, 0.25) is 5.69 Å². The van der Waals surface area contributed by atoms with E-state index in [-0.39, 0.29) is 22.4 Å². The molecule has 7 nitrogen and oxygen atoms in total. The molecule has 0 atom stereocenters. The van der Waals surface area contributed by atoms with E-state index >= 15 is 0 Å². The summed E-state index contributed by atoms with van der Waals surface area (Å²) in [6.07, 6.45) is 0. The minimum absolute atomic E-state index is 0.0550. The van der Waals surface area contributed by atoms with Crippen LogP contribution in [0, 0.1) is 10.1 Å². The van der Waals surface area contributed by atoms with Crippen LogP contribution in [0.25, 0.3) is 11.0 Å². The molecular weight excluding hydrogens is 216 g/mol. The highest BCUT2D eigenvalue weighted by molar-refractivity contribution is 6.05. The van der Waals surface area contributed by atoms with E-state index < -0.39 is 10.9 Å². The molecule has 16 heavy (non-hydrogen) atoms. The number of fused-ring (bicyclic) bond motifs is 1. The smallest absolute Gasteiger partial charge is 0.361 e. The van der Waals surface area contributed by atoms with E-state index in [1.165, 1.54) is 18.2 Å². The van der Waals surface area contributed by atoms with Crippen molar-refractivity contribution in [3.63, 3.8) is 0 Å². The molecule has 2 aromatic rings. The lowest BCUT2D eigenvalue weighted by atomic mass is 10.2. The molecule has 0 aliphatic rings. The molecule has 2 rings (SSSR count). The van der Waals surface area contributed by atoms with Crippen molar-refractivity contribution in [3.05, 3.63) is 34.0 Å². The fourth-order valence-corrected chi connectivity index (χ4v) is 1.36. The minimum Gasteiger partial charge on any atom is -0.464 e. The molecule has 0 amide bonds. The summed E-state index contributed by atoms with van der Waals surface area (Å²) in [5, 5.41) is 14.3. The average Bonchev–Trinajstić information content (AvgIpc) is 2.71. The number of benzene rings is 1. The Morgan fingerprint density at radius 3 is 2.94 bits per heavy atom. The summed E-state index contributed by atoms with van der Waals surface area (Å²) in [6.45, 7) is 0. The van der Waals surface area contributed by atoms with Gasteiger partial charge in [-0.1, -0.05) is 11.2 Å². The summed E-state index contributed by atoms with van der Waals surface area (Å²) >= 11 is 0. The van der Waals surface area contributed by atoms with Crippen LogP contribution in [-0.2, 0) is 4.74 Å². The summed E-state index contributed by atoms with van der Waals surface area (Å²) in [7, 11) is 1.16. The van der Waals surface area contributed by atoms with E-state index in [2.05, 4.69) is 9.89 Å². The second-order valence-electron chi connectivity index (χ2n) is 2.93. The van der Waals surface area contributed by atoms with Crippen LogP contribution in [0.15, 0.2) is 22.7 Å². The first kappa shape index (κ1) is 10.1. The van der Waals surface area contributed by atoms with E-state index in [9.17, 15) is 14.9 Å². The van der Waals surface area contributed by atoms with Gasteiger partial charge in [0.25, 0.3) is 5.69 Å². The van der Waals surface area contributed by atoms with E-state index in [0.29, 0.717) is 0 Å². The van der Waals surface area contributed by atoms with Gasteiger partial charge in [-0.3, -0.25) is 10.1 Å². The molecule has 0 fully saturated rings. The maximum absolute atomic E-state index is 11.3. The Morgan fingerprint density at radius 1 is 1.56 bits per heavy atom. The number of methoxy groups -OCH3 is 1. The van der Waals surface area contributed by atoms with Gasteiger partial charge in [0.1, 0.15) is 5.39 Å². The van der Waals surface area contributed by atoms with Crippen molar-refractivity contribution in [2.75, 3.05) is 7.11 Å². The number of ether oxygens (including phenoxy) is 1. The first-order valence-electron chi connectivity index (χ1n) is 4.26. The Labute approximate surface area is 88.7 Å². The second-order valence-corrected chi connectivity index (χ2v) is 2.93. The third-order valence-electron chi connectivity index (χ3n) is 2.05. The molecule has 1 aromatic carbocycles. The van der Waals surface area contributed by atoms with E-state index in [1.807, 2.05) is 0 Å². The summed E-state index contributed by atoms with van der Waals surface area (Å²) in [5.41, 5.74) is -0.251. The van der Waals surface area contributed by atoms with Crippen LogP contribution in [0.5, 0.6) is 0 Å². The zero-order valence-corrected chi connectivity index (χ0v) is 8.17. The Morgan fingerprint density at radius 2 is 2.31 bits per heavy atom. The van der Waals surface area contributed by atoms with Crippen LogP contribution >= 0.6 is 0 Å². The topological polar surface area (TPSA) is 95.5 Å². The highest BCUT2D eigenvalue weighted by atomic mass is 16.6. The number of nitro groups is 1. The van der Waals surface area contributed by atoms with E-state index in [4.69, 9.17) is 4.52 Å². The lowest BCUT2D eigenvalue weighted by Gasteiger charge is -1.94. The molecule has 82 valence electrons. The van der Waals surface area contributed by atoms with Gasteiger partial charge >= 0.3 is 5.97 Å². The molecule has 0 N–H and O–H groups in total. The van der Waals surface area contributed by atoms with Gasteiger partial charge < -0.3 is 9.26 Å². The van der Waals surface area contributed by atoms with E-state index in [0.717, 1.165) is 7.11 Å². The Balaban J connectivity index is 2.77. The zero-order valence-electron chi connectivity index (χ0n) is 8.17. The maximum Gasteiger partial charge on any atom is 0.361 e. The van der Waals surface area contributed by atoms with Crippen molar-refractivity contribution in [1.29, 1.82) is 0 Å². The molecule has 7 heteroatoms. The van der Waals surface area contributed by atoms with Crippen LogP contribution in [0.1, 0.15) is 10.5 Å². The number of rotatable bonds is 2. The van der Waals surface area contributed by atoms with Crippen molar-refractivity contribution in [1.82, 2.24) is 5.16 Å². The van der Waals surface area contributed by atoms with Crippen LogP contribution in [0.4, 0.5) is 5.69 Å². The normalized spacial score (nSPS) is 10.3. The molecule has 0 saturated heterocycles. The number of carbonyl (C=O) groups excluding carboxylic acids is 1. The minimum atomic E-state index is -0.770. The average molecular weight is 222 g/mol. The standard InChI is InChI=1S/C9H6N2O5/c1-15-9(12)8-7-5(11(13)14)3-2-4-6(7)16-10-8/h2-4H,1H3. The number of non-ortho nitro benzene ring substituents is 1. The van der Waals surface area contributed by atoms with Gasteiger partial charge in [-0.05, 0) is 6.07 Å². The Bertz CT molecular complexity index is 574.